The molecular formula is C16H28N4. The lowest BCUT2D eigenvalue weighted by Gasteiger charge is -2.35. The molecule has 0 spiro atoms. The second kappa shape index (κ2) is 7.02. The topological polar surface area (TPSA) is 41.0 Å². The lowest BCUT2D eigenvalue weighted by molar-refractivity contribution is 0.314. The van der Waals surface area contributed by atoms with Crippen molar-refractivity contribution in [2.45, 2.75) is 52.5 Å². The molecule has 20 heavy (non-hydrogen) atoms. The maximum Gasteiger partial charge on any atom is 0.132 e. The van der Waals surface area contributed by atoms with Gasteiger partial charge in [0.25, 0.3) is 0 Å². The Morgan fingerprint density at radius 3 is 2.55 bits per heavy atom. The molecule has 4 heteroatoms. The summed E-state index contributed by atoms with van der Waals surface area (Å²) < 4.78 is 0. The van der Waals surface area contributed by atoms with Gasteiger partial charge in [-0.3, -0.25) is 0 Å². The summed E-state index contributed by atoms with van der Waals surface area (Å²) in [6, 6.07) is 2.78. The van der Waals surface area contributed by atoms with Gasteiger partial charge in [-0.1, -0.05) is 20.8 Å². The van der Waals surface area contributed by atoms with E-state index in [2.05, 4.69) is 53.9 Å². The largest absolute Gasteiger partial charge is 0.356 e. The summed E-state index contributed by atoms with van der Waals surface area (Å²) in [7, 11) is 0. The first-order chi connectivity index (χ1) is 9.61. The fourth-order valence-corrected chi connectivity index (χ4v) is 2.97. The maximum atomic E-state index is 4.45. The third kappa shape index (κ3) is 3.69. The van der Waals surface area contributed by atoms with Crippen LogP contribution in [0.5, 0.6) is 0 Å². The van der Waals surface area contributed by atoms with Crippen LogP contribution in [0.1, 0.15) is 52.1 Å². The van der Waals surface area contributed by atoms with Gasteiger partial charge in [0.1, 0.15) is 12.1 Å². The van der Waals surface area contributed by atoms with Crippen LogP contribution in [-0.4, -0.2) is 35.6 Å². The number of rotatable bonds is 5. The van der Waals surface area contributed by atoms with Gasteiger partial charge in [0.2, 0.25) is 0 Å². The van der Waals surface area contributed by atoms with E-state index in [0.717, 1.165) is 37.1 Å². The van der Waals surface area contributed by atoms with Crippen LogP contribution in [0, 0.1) is 5.92 Å². The predicted octanol–water partition coefficient (Wildman–Crippen LogP) is 2.81. The summed E-state index contributed by atoms with van der Waals surface area (Å²) in [6.45, 7) is 12.1. The van der Waals surface area contributed by atoms with Crippen LogP contribution >= 0.6 is 0 Å². The van der Waals surface area contributed by atoms with Crippen molar-refractivity contribution in [3.05, 3.63) is 18.1 Å². The van der Waals surface area contributed by atoms with Crippen molar-refractivity contribution in [1.82, 2.24) is 15.3 Å². The zero-order valence-corrected chi connectivity index (χ0v) is 13.3. The Bertz CT molecular complexity index is 411. The molecule has 0 radical (unpaired) electrons. The lowest BCUT2D eigenvalue weighted by atomic mass is 9.90. The van der Waals surface area contributed by atoms with E-state index in [4.69, 9.17) is 0 Å². The number of aromatic nitrogens is 2. The summed E-state index contributed by atoms with van der Waals surface area (Å²) >= 11 is 0. The van der Waals surface area contributed by atoms with Crippen LogP contribution in [0.25, 0.3) is 0 Å². The van der Waals surface area contributed by atoms with Gasteiger partial charge in [0.15, 0.2) is 0 Å². The minimum atomic E-state index is 0.461. The number of anilines is 1. The Kier molecular flexibility index (Phi) is 5.35. The van der Waals surface area contributed by atoms with E-state index >= 15 is 0 Å². The average Bonchev–Trinajstić information content (AvgIpc) is 2.48. The predicted molar refractivity (Wildman–Crippen MR) is 84.2 cm³/mol. The third-order valence-electron chi connectivity index (χ3n) is 4.36. The van der Waals surface area contributed by atoms with Crippen LogP contribution in [0.2, 0.25) is 0 Å². The molecule has 0 aromatic carbocycles. The molecule has 1 saturated heterocycles. The Balaban J connectivity index is 1.95. The normalized spacial score (nSPS) is 18.6. The Hall–Kier alpha value is -1.16. The maximum absolute atomic E-state index is 4.45. The van der Waals surface area contributed by atoms with Gasteiger partial charge in [-0.2, -0.15) is 0 Å². The smallest absolute Gasteiger partial charge is 0.132 e. The van der Waals surface area contributed by atoms with Crippen LogP contribution in [0.15, 0.2) is 12.4 Å². The van der Waals surface area contributed by atoms with Crippen LogP contribution < -0.4 is 10.2 Å². The number of hydrogen-bond donors (Lipinski definition) is 1. The molecule has 1 unspecified atom stereocenters. The molecule has 2 rings (SSSR count). The SMILES string of the molecule is CCNC(C)C1CCN(c2cc(C(C)C)ncn2)CC1. The molecule has 1 aliphatic rings. The second-order valence-corrected chi connectivity index (χ2v) is 6.13. The van der Waals surface area contributed by atoms with E-state index in [1.165, 1.54) is 12.8 Å². The van der Waals surface area contributed by atoms with Gasteiger partial charge in [0, 0.05) is 30.9 Å². The van der Waals surface area contributed by atoms with Crippen molar-refractivity contribution in [2.24, 2.45) is 5.92 Å². The Morgan fingerprint density at radius 2 is 1.95 bits per heavy atom. The van der Waals surface area contributed by atoms with Gasteiger partial charge < -0.3 is 10.2 Å². The molecule has 112 valence electrons. The molecule has 1 aromatic heterocycles. The van der Waals surface area contributed by atoms with Gasteiger partial charge in [-0.15, -0.1) is 0 Å². The van der Waals surface area contributed by atoms with E-state index in [9.17, 15) is 0 Å². The highest BCUT2D eigenvalue weighted by atomic mass is 15.2. The second-order valence-electron chi connectivity index (χ2n) is 6.13. The quantitative estimate of drug-likeness (QED) is 0.898. The average molecular weight is 276 g/mol. The van der Waals surface area contributed by atoms with Crippen LogP contribution in [0.3, 0.4) is 0 Å². The standard InChI is InChI=1S/C16H28N4/c1-5-17-13(4)14-6-8-20(9-7-14)16-10-15(12(2)3)18-11-19-16/h10-14,17H,5-9H2,1-4H3. The summed E-state index contributed by atoms with van der Waals surface area (Å²) in [4.78, 5) is 11.2. The number of nitrogens with one attached hydrogen (secondary N) is 1. The third-order valence-corrected chi connectivity index (χ3v) is 4.36. The highest BCUT2D eigenvalue weighted by Gasteiger charge is 2.24. The zero-order chi connectivity index (χ0) is 14.5. The first-order valence-electron chi connectivity index (χ1n) is 7.92. The number of hydrogen-bond acceptors (Lipinski definition) is 4. The molecule has 4 nitrogen and oxygen atoms in total. The van der Waals surface area contributed by atoms with Gasteiger partial charge in [-0.25, -0.2) is 9.97 Å². The minimum Gasteiger partial charge on any atom is -0.356 e. The van der Waals surface area contributed by atoms with Gasteiger partial charge in [0.05, 0.1) is 0 Å². The lowest BCUT2D eigenvalue weighted by Crippen LogP contribution is -2.42. The van der Waals surface area contributed by atoms with Crippen LogP contribution in [0.4, 0.5) is 5.82 Å². The summed E-state index contributed by atoms with van der Waals surface area (Å²) in [5, 5.41) is 3.55. The summed E-state index contributed by atoms with van der Waals surface area (Å²) in [6.07, 6.45) is 4.20. The van der Waals surface area contributed by atoms with Gasteiger partial charge in [-0.05, 0) is 38.1 Å². The van der Waals surface area contributed by atoms with Gasteiger partial charge >= 0.3 is 0 Å². The molecule has 0 bridgehead atoms. The van der Waals surface area contributed by atoms with E-state index < -0.39 is 0 Å². The van der Waals surface area contributed by atoms with Crippen molar-refractivity contribution in [3.63, 3.8) is 0 Å². The minimum absolute atomic E-state index is 0.461. The first kappa shape index (κ1) is 15.2. The molecule has 2 heterocycles. The molecule has 0 amide bonds. The molecule has 1 fully saturated rings. The monoisotopic (exact) mass is 276 g/mol. The highest BCUT2D eigenvalue weighted by molar-refractivity contribution is 5.39. The van der Waals surface area contributed by atoms with Crippen molar-refractivity contribution >= 4 is 5.82 Å². The van der Waals surface area contributed by atoms with Crippen molar-refractivity contribution in [1.29, 1.82) is 0 Å². The summed E-state index contributed by atoms with van der Waals surface area (Å²) in [5.74, 6) is 2.35. The van der Waals surface area contributed by atoms with E-state index in [1.54, 1.807) is 6.33 Å². The van der Waals surface area contributed by atoms with E-state index in [-0.39, 0.29) is 0 Å². The molecular weight excluding hydrogens is 248 g/mol. The first-order valence-corrected chi connectivity index (χ1v) is 7.92. The number of piperidine rings is 1. The van der Waals surface area contributed by atoms with Crippen molar-refractivity contribution < 1.29 is 0 Å². The Labute approximate surface area is 123 Å². The van der Waals surface area contributed by atoms with Crippen LogP contribution in [-0.2, 0) is 0 Å². The molecule has 1 aromatic rings. The number of nitrogens with zero attached hydrogens (tertiary/aromatic N) is 3. The molecule has 1 aliphatic heterocycles. The van der Waals surface area contributed by atoms with Crippen molar-refractivity contribution in [3.8, 4) is 0 Å². The summed E-state index contributed by atoms with van der Waals surface area (Å²) in [5.41, 5.74) is 1.14. The van der Waals surface area contributed by atoms with Crippen molar-refractivity contribution in [2.75, 3.05) is 24.5 Å². The Morgan fingerprint density at radius 1 is 1.25 bits per heavy atom. The molecule has 0 saturated carbocycles. The fourth-order valence-electron chi connectivity index (χ4n) is 2.97. The molecule has 1 N–H and O–H groups in total. The zero-order valence-electron chi connectivity index (χ0n) is 13.3. The molecule has 0 aliphatic carbocycles. The fraction of sp³-hybridized carbons (Fsp3) is 0.750. The molecule has 1 atom stereocenters. The van der Waals surface area contributed by atoms with E-state index in [0.29, 0.717) is 12.0 Å². The van der Waals surface area contributed by atoms with E-state index in [1.807, 2.05) is 0 Å². The highest BCUT2D eigenvalue weighted by Crippen LogP contribution is 2.25.